The molecule has 0 heterocycles. The molecule has 0 fully saturated rings. The highest BCUT2D eigenvalue weighted by atomic mass is 35.5. The van der Waals surface area contributed by atoms with E-state index in [9.17, 15) is 0 Å². The Labute approximate surface area is 57.4 Å². The quantitative estimate of drug-likeness (QED) is 0.463. The molecule has 0 amide bonds. The Balaban J connectivity index is 0. The van der Waals surface area contributed by atoms with Crippen molar-refractivity contribution >= 4 is 11.6 Å². The van der Waals surface area contributed by atoms with Crippen LogP contribution < -0.4 is 5.32 Å². The van der Waals surface area contributed by atoms with Crippen LogP contribution in [0.1, 0.15) is 20.3 Å². The molecule has 0 saturated heterocycles. The summed E-state index contributed by atoms with van der Waals surface area (Å²) < 4.78 is 0. The molecule has 0 spiro atoms. The summed E-state index contributed by atoms with van der Waals surface area (Å²) in [5.41, 5.74) is 0. The number of rotatable bonds is 3. The summed E-state index contributed by atoms with van der Waals surface area (Å²) in [6.07, 6.45) is 2.72. The van der Waals surface area contributed by atoms with Gasteiger partial charge in [-0.05, 0) is 19.5 Å². The van der Waals surface area contributed by atoms with Crippen LogP contribution in [-0.4, -0.2) is 19.5 Å². The summed E-state index contributed by atoms with van der Waals surface area (Å²) in [6, 6.07) is 0. The molecule has 0 aliphatic carbocycles. The number of nitrogens with one attached hydrogen (secondary N) is 1. The minimum Gasteiger partial charge on any atom is -0.317 e. The molecule has 1 N–H and O–H groups in total. The average Bonchev–Trinajstić information content (AvgIpc) is 1.88. The van der Waals surface area contributed by atoms with E-state index in [1.54, 1.807) is 0 Å². The summed E-state index contributed by atoms with van der Waals surface area (Å²) in [5, 5.41) is 3.20. The fourth-order valence-corrected chi connectivity index (χ4v) is 0.354. The van der Waals surface area contributed by atoms with Crippen molar-refractivity contribution in [3.63, 3.8) is 0 Å². The van der Waals surface area contributed by atoms with Gasteiger partial charge in [-0.3, -0.25) is 0 Å². The van der Waals surface area contributed by atoms with Crippen LogP contribution in [0.2, 0.25) is 0 Å². The van der Waals surface area contributed by atoms with Crippen LogP contribution in [-0.2, 0) is 0 Å². The molecule has 0 aliphatic rings. The molecule has 0 atom stereocenters. The Kier molecular flexibility index (Phi) is 21.8. The molecule has 0 rings (SSSR count). The van der Waals surface area contributed by atoms with Gasteiger partial charge in [0.1, 0.15) is 0 Å². The minimum atomic E-state index is 1.10. The molecular weight excluding hydrogens is 122 g/mol. The maximum Gasteiger partial charge on any atom is 0.0108 e. The van der Waals surface area contributed by atoms with E-state index >= 15 is 0 Å². The van der Waals surface area contributed by atoms with Gasteiger partial charge in [0.25, 0.3) is 0 Å². The molecule has 0 saturated carbocycles. The van der Waals surface area contributed by atoms with E-state index in [-0.39, 0.29) is 0 Å². The first kappa shape index (κ1) is 11.1. The first-order valence-corrected chi connectivity index (χ1v) is 3.76. The Morgan fingerprint density at radius 2 is 1.75 bits per heavy atom. The van der Waals surface area contributed by atoms with Gasteiger partial charge in [-0.1, -0.05) is 13.8 Å². The highest BCUT2D eigenvalue weighted by molar-refractivity contribution is 6.15. The van der Waals surface area contributed by atoms with Gasteiger partial charge in [-0.15, -0.1) is 11.6 Å². The molecule has 0 bridgehead atoms. The number of hydrogen-bond acceptors (Lipinski definition) is 1. The zero-order valence-corrected chi connectivity index (χ0v) is 6.76. The van der Waals surface area contributed by atoms with E-state index < -0.39 is 0 Å². The van der Waals surface area contributed by atoms with Crippen LogP contribution in [0.5, 0.6) is 0 Å². The Hall–Kier alpha value is 0.250. The summed E-state index contributed by atoms with van der Waals surface area (Å²) in [5.74, 6) is 0. The third kappa shape index (κ3) is 16.3. The predicted octanol–water partition coefficient (Wildman–Crippen LogP) is 1.86. The van der Waals surface area contributed by atoms with Gasteiger partial charge < -0.3 is 5.32 Å². The van der Waals surface area contributed by atoms with Crippen molar-refractivity contribution in [2.75, 3.05) is 19.5 Å². The lowest BCUT2D eigenvalue weighted by Crippen LogP contribution is -2.12. The second kappa shape index (κ2) is 15.7. The van der Waals surface area contributed by atoms with E-state index in [1.807, 2.05) is 0 Å². The van der Waals surface area contributed by atoms with Crippen molar-refractivity contribution in [1.82, 2.24) is 5.32 Å². The lowest BCUT2D eigenvalue weighted by atomic mass is 10.5. The third-order valence-corrected chi connectivity index (χ3v) is 0.677. The van der Waals surface area contributed by atoms with E-state index in [1.165, 1.54) is 12.8 Å². The maximum absolute atomic E-state index is 4.64. The van der Waals surface area contributed by atoms with Crippen LogP contribution in [0, 0.1) is 0 Å². The molecule has 0 radical (unpaired) electrons. The van der Waals surface area contributed by atoms with E-state index in [2.05, 4.69) is 30.8 Å². The van der Waals surface area contributed by atoms with Gasteiger partial charge in [0.15, 0.2) is 0 Å². The van der Waals surface area contributed by atoms with Crippen LogP contribution in [0.15, 0.2) is 0 Å². The van der Waals surface area contributed by atoms with Crippen molar-refractivity contribution < 1.29 is 0 Å². The van der Waals surface area contributed by atoms with Crippen LogP contribution in [0.4, 0.5) is 0 Å². The molecule has 52 valence electrons. The average molecular weight is 138 g/mol. The Morgan fingerprint density at radius 3 is 1.88 bits per heavy atom. The van der Waals surface area contributed by atoms with Crippen LogP contribution >= 0.6 is 11.6 Å². The Morgan fingerprint density at radius 1 is 1.25 bits per heavy atom. The summed E-state index contributed by atoms with van der Waals surface area (Å²) >= 11 is 4.64. The largest absolute Gasteiger partial charge is 0.317 e. The van der Waals surface area contributed by atoms with Crippen molar-refractivity contribution in [1.29, 1.82) is 0 Å². The van der Waals surface area contributed by atoms with E-state index in [4.69, 9.17) is 0 Å². The normalized spacial score (nSPS) is 7.50. The van der Waals surface area contributed by atoms with Gasteiger partial charge in [0.2, 0.25) is 0 Å². The zero-order chi connectivity index (χ0) is 6.83. The van der Waals surface area contributed by atoms with Gasteiger partial charge in [0, 0.05) is 6.38 Å². The second-order valence-corrected chi connectivity index (χ2v) is 1.35. The highest BCUT2D eigenvalue weighted by Crippen LogP contribution is 1.65. The van der Waals surface area contributed by atoms with Crippen molar-refractivity contribution in [3.8, 4) is 0 Å². The van der Waals surface area contributed by atoms with Crippen molar-refractivity contribution in [2.45, 2.75) is 20.3 Å². The van der Waals surface area contributed by atoms with E-state index in [0.717, 1.165) is 13.1 Å². The monoisotopic (exact) mass is 137 g/mol. The fourth-order valence-electron chi connectivity index (χ4n) is 0.354. The van der Waals surface area contributed by atoms with Crippen molar-refractivity contribution in [2.24, 2.45) is 0 Å². The van der Waals surface area contributed by atoms with Crippen LogP contribution in [0.25, 0.3) is 0 Å². The lowest BCUT2D eigenvalue weighted by molar-refractivity contribution is 0.703. The first-order chi connectivity index (χ1) is 3.91. The second-order valence-electron chi connectivity index (χ2n) is 1.35. The minimum absolute atomic E-state index is 1.10. The standard InChI is InChI=1S/C5H13N.CH3Cl/c1-3-5-6-4-2;1-2/h6H,3-5H2,1-2H3;1H3. The van der Waals surface area contributed by atoms with Gasteiger partial charge in [-0.2, -0.15) is 0 Å². The zero-order valence-electron chi connectivity index (χ0n) is 6.00. The topological polar surface area (TPSA) is 12.0 Å². The molecule has 0 aromatic heterocycles. The van der Waals surface area contributed by atoms with Gasteiger partial charge in [-0.25, -0.2) is 0 Å². The molecule has 0 aliphatic heterocycles. The van der Waals surface area contributed by atoms with Crippen molar-refractivity contribution in [3.05, 3.63) is 0 Å². The van der Waals surface area contributed by atoms with Gasteiger partial charge >= 0.3 is 0 Å². The summed E-state index contributed by atoms with van der Waals surface area (Å²) in [7, 11) is 0. The summed E-state index contributed by atoms with van der Waals surface area (Å²) in [4.78, 5) is 0. The molecule has 0 aromatic rings. The number of halogens is 1. The number of hydrogen-bond donors (Lipinski definition) is 1. The van der Waals surface area contributed by atoms with Crippen LogP contribution in [0.3, 0.4) is 0 Å². The lowest BCUT2D eigenvalue weighted by Gasteiger charge is -1.91. The molecule has 0 aromatic carbocycles. The van der Waals surface area contributed by atoms with E-state index in [0.29, 0.717) is 0 Å². The highest BCUT2D eigenvalue weighted by Gasteiger charge is 1.71. The fraction of sp³-hybridized carbons (Fsp3) is 1.00. The molecule has 0 unspecified atom stereocenters. The molecule has 1 nitrogen and oxygen atoms in total. The third-order valence-electron chi connectivity index (χ3n) is 0.677. The molecule has 2 heteroatoms. The number of alkyl halides is 1. The first-order valence-electron chi connectivity index (χ1n) is 3.00. The SMILES string of the molecule is CCCNCC.CCl. The smallest absolute Gasteiger partial charge is 0.0108 e. The maximum atomic E-state index is 4.64. The predicted molar refractivity (Wildman–Crippen MR) is 40.6 cm³/mol. The molecular formula is C6H16ClN. The van der Waals surface area contributed by atoms with Gasteiger partial charge in [0.05, 0.1) is 0 Å². The Bertz CT molecular complexity index is 20.5. The molecule has 8 heavy (non-hydrogen) atoms. The summed E-state index contributed by atoms with van der Waals surface area (Å²) in [6.45, 7) is 6.56.